The Balaban J connectivity index is 1.69. The fraction of sp³-hybridized carbons (Fsp3) is 0. The molecule has 0 aromatic heterocycles. The second-order valence-corrected chi connectivity index (χ2v) is 6.63. The van der Waals surface area contributed by atoms with Crippen molar-refractivity contribution < 1.29 is 4.79 Å². The van der Waals surface area contributed by atoms with Gasteiger partial charge in [0.25, 0.3) is 5.91 Å². The number of para-hydroxylation sites is 1. The van der Waals surface area contributed by atoms with Crippen molar-refractivity contribution in [1.29, 1.82) is 0 Å². The summed E-state index contributed by atoms with van der Waals surface area (Å²) < 4.78 is 0. The van der Waals surface area contributed by atoms with Gasteiger partial charge in [-0.1, -0.05) is 42.5 Å². The third-order valence-corrected chi connectivity index (χ3v) is 4.56. The van der Waals surface area contributed by atoms with Crippen molar-refractivity contribution in [2.75, 3.05) is 16.0 Å². The van der Waals surface area contributed by atoms with Crippen LogP contribution in [0.4, 0.5) is 28.4 Å². The molecular formula is C25H21N3O. The molecule has 0 heterocycles. The van der Waals surface area contributed by atoms with Crippen molar-refractivity contribution in [2.24, 2.45) is 0 Å². The van der Waals surface area contributed by atoms with Gasteiger partial charge >= 0.3 is 0 Å². The first-order chi connectivity index (χ1) is 14.2. The number of carbonyl (C=O) groups excluding carboxylic acids is 1. The molecule has 0 atom stereocenters. The van der Waals surface area contributed by atoms with Crippen LogP contribution in [0.5, 0.6) is 0 Å². The molecular weight excluding hydrogens is 358 g/mol. The van der Waals surface area contributed by atoms with E-state index in [1.807, 2.05) is 97.1 Å². The summed E-state index contributed by atoms with van der Waals surface area (Å²) in [5, 5.41) is 2.98. The van der Waals surface area contributed by atoms with Gasteiger partial charge in [-0.2, -0.15) is 0 Å². The van der Waals surface area contributed by atoms with E-state index in [0.29, 0.717) is 11.3 Å². The van der Waals surface area contributed by atoms with Crippen molar-refractivity contribution in [3.05, 3.63) is 115 Å². The third-order valence-electron chi connectivity index (χ3n) is 4.56. The Morgan fingerprint density at radius 1 is 0.655 bits per heavy atom. The predicted molar refractivity (Wildman–Crippen MR) is 120 cm³/mol. The van der Waals surface area contributed by atoms with E-state index in [4.69, 9.17) is 5.73 Å². The van der Waals surface area contributed by atoms with Crippen LogP contribution in [0.25, 0.3) is 0 Å². The predicted octanol–water partition coefficient (Wildman–Crippen LogP) is 5.99. The maximum atomic E-state index is 12.5. The van der Waals surface area contributed by atoms with E-state index >= 15 is 0 Å². The lowest BCUT2D eigenvalue weighted by atomic mass is 10.1. The highest BCUT2D eigenvalue weighted by Crippen LogP contribution is 2.35. The van der Waals surface area contributed by atoms with E-state index in [1.54, 1.807) is 12.1 Å². The molecule has 4 nitrogen and oxygen atoms in total. The topological polar surface area (TPSA) is 58.4 Å². The van der Waals surface area contributed by atoms with Crippen molar-refractivity contribution in [3.63, 3.8) is 0 Å². The number of hydrogen-bond donors (Lipinski definition) is 2. The number of rotatable bonds is 5. The zero-order valence-corrected chi connectivity index (χ0v) is 15.8. The molecule has 0 bridgehead atoms. The largest absolute Gasteiger partial charge is 0.399 e. The van der Waals surface area contributed by atoms with Crippen LogP contribution >= 0.6 is 0 Å². The second kappa shape index (κ2) is 8.31. The van der Waals surface area contributed by atoms with E-state index in [1.165, 1.54) is 0 Å². The molecule has 0 spiro atoms. The minimum absolute atomic E-state index is 0.138. The minimum atomic E-state index is -0.138. The number of nitrogens with zero attached hydrogens (tertiary/aromatic N) is 1. The lowest BCUT2D eigenvalue weighted by Crippen LogP contribution is -2.13. The number of amides is 1. The Kier molecular flexibility index (Phi) is 5.25. The fourth-order valence-electron chi connectivity index (χ4n) is 3.16. The van der Waals surface area contributed by atoms with E-state index in [0.717, 1.165) is 22.7 Å². The SMILES string of the molecule is Nc1ccc(N(c2ccccc2)c2cccc(NC(=O)c3ccccc3)c2)cc1. The van der Waals surface area contributed by atoms with Gasteiger partial charge in [-0.3, -0.25) is 4.79 Å². The van der Waals surface area contributed by atoms with Crippen LogP contribution in [0.15, 0.2) is 109 Å². The van der Waals surface area contributed by atoms with Crippen LogP contribution in [-0.4, -0.2) is 5.91 Å². The number of hydrogen-bond acceptors (Lipinski definition) is 3. The number of carbonyl (C=O) groups is 1. The molecule has 4 aromatic carbocycles. The Labute approximate surface area is 170 Å². The molecule has 0 saturated heterocycles. The highest BCUT2D eigenvalue weighted by atomic mass is 16.1. The highest BCUT2D eigenvalue weighted by Gasteiger charge is 2.13. The van der Waals surface area contributed by atoms with Gasteiger partial charge in [0.05, 0.1) is 0 Å². The molecule has 4 heteroatoms. The summed E-state index contributed by atoms with van der Waals surface area (Å²) in [6, 6.07) is 34.8. The van der Waals surface area contributed by atoms with Crippen molar-refractivity contribution in [1.82, 2.24) is 0 Å². The number of nitrogens with one attached hydrogen (secondary N) is 1. The lowest BCUT2D eigenvalue weighted by Gasteiger charge is -2.26. The number of benzene rings is 4. The third kappa shape index (κ3) is 4.28. The maximum absolute atomic E-state index is 12.5. The molecule has 0 aliphatic heterocycles. The number of nitrogen functional groups attached to an aromatic ring is 1. The fourth-order valence-corrected chi connectivity index (χ4v) is 3.16. The Morgan fingerprint density at radius 3 is 1.93 bits per heavy atom. The molecule has 0 saturated carbocycles. The molecule has 0 aliphatic carbocycles. The summed E-state index contributed by atoms with van der Waals surface area (Å²) in [7, 11) is 0. The first-order valence-electron chi connectivity index (χ1n) is 9.38. The van der Waals surface area contributed by atoms with Gasteiger partial charge in [-0.05, 0) is 66.7 Å². The van der Waals surface area contributed by atoms with Crippen molar-refractivity contribution >= 4 is 34.3 Å². The van der Waals surface area contributed by atoms with Gasteiger partial charge in [-0.25, -0.2) is 0 Å². The van der Waals surface area contributed by atoms with E-state index < -0.39 is 0 Å². The summed E-state index contributed by atoms with van der Waals surface area (Å²) in [6.07, 6.45) is 0. The number of anilines is 5. The van der Waals surface area contributed by atoms with Gasteiger partial charge in [-0.15, -0.1) is 0 Å². The summed E-state index contributed by atoms with van der Waals surface area (Å²) in [5.41, 5.74) is 10.9. The highest BCUT2D eigenvalue weighted by molar-refractivity contribution is 6.04. The molecule has 0 unspecified atom stereocenters. The summed E-state index contributed by atoms with van der Waals surface area (Å²) in [5.74, 6) is -0.138. The standard InChI is InChI=1S/C25H21N3O/c26-20-14-16-23(17-15-20)28(22-11-5-2-6-12-22)24-13-7-10-21(18-24)27-25(29)19-8-3-1-4-9-19/h1-18H,26H2,(H,27,29). The van der Waals surface area contributed by atoms with Crippen molar-refractivity contribution in [2.45, 2.75) is 0 Å². The summed E-state index contributed by atoms with van der Waals surface area (Å²) >= 11 is 0. The van der Waals surface area contributed by atoms with E-state index in [9.17, 15) is 4.79 Å². The Hall–Kier alpha value is -4.05. The van der Waals surface area contributed by atoms with Crippen LogP contribution in [0, 0.1) is 0 Å². The van der Waals surface area contributed by atoms with E-state index in [-0.39, 0.29) is 5.91 Å². The first kappa shape index (κ1) is 18.3. The molecule has 0 fully saturated rings. The van der Waals surface area contributed by atoms with Gasteiger partial charge < -0.3 is 16.0 Å². The van der Waals surface area contributed by atoms with Crippen LogP contribution in [-0.2, 0) is 0 Å². The van der Waals surface area contributed by atoms with Crippen LogP contribution in [0.1, 0.15) is 10.4 Å². The monoisotopic (exact) mass is 379 g/mol. The maximum Gasteiger partial charge on any atom is 0.255 e. The first-order valence-corrected chi connectivity index (χ1v) is 9.38. The second-order valence-electron chi connectivity index (χ2n) is 6.63. The smallest absolute Gasteiger partial charge is 0.255 e. The quantitative estimate of drug-likeness (QED) is 0.419. The zero-order chi connectivity index (χ0) is 20.1. The summed E-state index contributed by atoms with van der Waals surface area (Å²) in [6.45, 7) is 0. The molecule has 0 aliphatic rings. The summed E-state index contributed by atoms with van der Waals surface area (Å²) in [4.78, 5) is 14.7. The van der Waals surface area contributed by atoms with Gasteiger partial charge in [0.15, 0.2) is 0 Å². The zero-order valence-electron chi connectivity index (χ0n) is 15.8. The Bertz CT molecular complexity index is 1090. The van der Waals surface area contributed by atoms with E-state index in [2.05, 4.69) is 10.2 Å². The molecule has 4 aromatic rings. The molecule has 29 heavy (non-hydrogen) atoms. The van der Waals surface area contributed by atoms with Crippen LogP contribution in [0.3, 0.4) is 0 Å². The average molecular weight is 379 g/mol. The lowest BCUT2D eigenvalue weighted by molar-refractivity contribution is 0.102. The normalized spacial score (nSPS) is 10.3. The minimum Gasteiger partial charge on any atom is -0.399 e. The van der Waals surface area contributed by atoms with Crippen LogP contribution < -0.4 is 16.0 Å². The van der Waals surface area contributed by atoms with Gasteiger partial charge in [0, 0.05) is 34.0 Å². The molecule has 142 valence electrons. The number of nitrogens with two attached hydrogens (primary N) is 1. The van der Waals surface area contributed by atoms with Gasteiger partial charge in [0.1, 0.15) is 0 Å². The molecule has 0 radical (unpaired) electrons. The molecule has 1 amide bonds. The van der Waals surface area contributed by atoms with Crippen LogP contribution in [0.2, 0.25) is 0 Å². The molecule has 3 N–H and O–H groups in total. The van der Waals surface area contributed by atoms with Gasteiger partial charge in [0.2, 0.25) is 0 Å². The van der Waals surface area contributed by atoms with Crippen molar-refractivity contribution in [3.8, 4) is 0 Å². The molecule has 4 rings (SSSR count). The average Bonchev–Trinajstić information content (AvgIpc) is 2.77. The Morgan fingerprint density at radius 2 is 1.24 bits per heavy atom.